The molecule has 6 heteroatoms. The number of aliphatic hydroxyl groups is 1. The zero-order chi connectivity index (χ0) is 18.9. The Bertz CT molecular complexity index is 554. The van der Waals surface area contributed by atoms with Crippen LogP contribution in [0, 0.1) is 0 Å². The maximum absolute atomic E-state index is 10.4. The lowest BCUT2D eigenvalue weighted by Crippen LogP contribution is -2.40. The summed E-state index contributed by atoms with van der Waals surface area (Å²) in [6.07, 6.45) is 0.793. The topological polar surface area (TPSA) is 39.2 Å². The number of benzene rings is 1. The first kappa shape index (κ1) is 20.9. The number of ether oxygens (including phenoxy) is 1. The normalized spacial score (nSPS) is 21.7. The minimum Gasteiger partial charge on any atom is -0.491 e. The smallest absolute Gasteiger partial charge is 0.123 e. The van der Waals surface area contributed by atoms with Crippen molar-refractivity contribution in [2.75, 3.05) is 70.5 Å². The van der Waals surface area contributed by atoms with Crippen molar-refractivity contribution in [3.8, 4) is 5.75 Å². The van der Waals surface area contributed by atoms with Crippen LogP contribution in [0.4, 0.5) is 0 Å². The molecule has 0 amide bonds. The Morgan fingerprint density at radius 3 is 2.56 bits per heavy atom. The lowest BCUT2D eigenvalue weighted by Gasteiger charge is -2.28. The van der Waals surface area contributed by atoms with Crippen molar-refractivity contribution in [1.82, 2.24) is 14.7 Å². The molecule has 0 bridgehead atoms. The highest BCUT2D eigenvalue weighted by Crippen LogP contribution is 2.21. The average molecular weight is 394 g/mol. The van der Waals surface area contributed by atoms with E-state index in [-0.39, 0.29) is 0 Å². The summed E-state index contributed by atoms with van der Waals surface area (Å²) in [6.45, 7) is 12.1. The number of hydrogen-bond acceptors (Lipinski definition) is 6. The Morgan fingerprint density at radius 1 is 1.00 bits per heavy atom. The number of thioether (sulfide) groups is 1. The third kappa shape index (κ3) is 6.95. The molecule has 1 aromatic rings. The van der Waals surface area contributed by atoms with Crippen molar-refractivity contribution >= 4 is 11.8 Å². The number of likely N-dealkylation sites (N-methyl/N-ethyl adjacent to an activating group) is 1. The fraction of sp³-hybridized carbons (Fsp3) is 0.714. The van der Waals surface area contributed by atoms with Crippen LogP contribution < -0.4 is 4.74 Å². The number of para-hydroxylation sites is 1. The van der Waals surface area contributed by atoms with Crippen molar-refractivity contribution in [3.05, 3.63) is 29.8 Å². The zero-order valence-electron chi connectivity index (χ0n) is 16.7. The highest BCUT2D eigenvalue weighted by molar-refractivity contribution is 7.99. The first-order valence-corrected chi connectivity index (χ1v) is 11.5. The van der Waals surface area contributed by atoms with Gasteiger partial charge in [0.05, 0.1) is 0 Å². The fourth-order valence-electron chi connectivity index (χ4n) is 3.84. The van der Waals surface area contributed by atoms with Crippen LogP contribution in [-0.2, 0) is 6.54 Å². The van der Waals surface area contributed by atoms with Crippen LogP contribution in [-0.4, -0.2) is 96.4 Å². The van der Waals surface area contributed by atoms with Gasteiger partial charge in [-0.05, 0) is 32.1 Å². The second-order valence-electron chi connectivity index (χ2n) is 7.55. The van der Waals surface area contributed by atoms with Crippen LogP contribution in [0.5, 0.6) is 5.75 Å². The van der Waals surface area contributed by atoms with Gasteiger partial charge in [0.15, 0.2) is 0 Å². The molecule has 152 valence electrons. The molecule has 0 spiro atoms. The number of aliphatic hydroxyl groups excluding tert-OH is 1. The van der Waals surface area contributed by atoms with E-state index in [0.717, 1.165) is 51.6 Å². The lowest BCUT2D eigenvalue weighted by molar-refractivity contribution is 0.0708. The third-order valence-corrected chi connectivity index (χ3v) is 6.44. The van der Waals surface area contributed by atoms with Gasteiger partial charge < -0.3 is 14.7 Å². The van der Waals surface area contributed by atoms with Crippen LogP contribution in [0.25, 0.3) is 0 Å². The van der Waals surface area contributed by atoms with Crippen molar-refractivity contribution in [2.45, 2.75) is 26.0 Å². The number of nitrogens with zero attached hydrogens (tertiary/aromatic N) is 3. The minimum atomic E-state index is -0.433. The summed E-state index contributed by atoms with van der Waals surface area (Å²) in [6, 6.07) is 8.30. The first-order valence-electron chi connectivity index (χ1n) is 10.4. The van der Waals surface area contributed by atoms with E-state index in [1.807, 2.05) is 23.9 Å². The van der Waals surface area contributed by atoms with Gasteiger partial charge in [0.2, 0.25) is 0 Å². The molecular weight excluding hydrogens is 358 g/mol. The van der Waals surface area contributed by atoms with Gasteiger partial charge in [-0.2, -0.15) is 11.8 Å². The average Bonchev–Trinajstić information content (AvgIpc) is 2.93. The lowest BCUT2D eigenvalue weighted by atomic mass is 10.2. The Morgan fingerprint density at radius 2 is 1.74 bits per heavy atom. The molecular formula is C21H35N3O2S. The van der Waals surface area contributed by atoms with Crippen LogP contribution in [0.2, 0.25) is 0 Å². The van der Waals surface area contributed by atoms with Crippen LogP contribution in [0.3, 0.4) is 0 Å². The van der Waals surface area contributed by atoms with Crippen LogP contribution in [0.15, 0.2) is 24.3 Å². The molecule has 0 unspecified atom stereocenters. The minimum absolute atomic E-state index is 0.365. The molecule has 2 fully saturated rings. The Hall–Kier alpha value is -0.790. The standard InChI is InChI=1S/C21H35N3O2S/c1-2-22-8-5-9-23(11-10-22)16-19-6-3-4-7-21(19)26-18-20(25)17-24-12-14-27-15-13-24/h3-4,6-7,20,25H,2,5,8-18H2,1H3/t20-/m0/s1. The molecule has 0 aliphatic carbocycles. The highest BCUT2D eigenvalue weighted by Gasteiger charge is 2.17. The molecule has 1 N–H and O–H groups in total. The van der Waals surface area contributed by atoms with Crippen molar-refractivity contribution in [1.29, 1.82) is 0 Å². The zero-order valence-corrected chi connectivity index (χ0v) is 17.5. The van der Waals surface area contributed by atoms with Gasteiger partial charge in [0.1, 0.15) is 18.5 Å². The van der Waals surface area contributed by atoms with Gasteiger partial charge in [-0.3, -0.25) is 9.80 Å². The summed E-state index contributed by atoms with van der Waals surface area (Å²) >= 11 is 2.00. The van der Waals surface area contributed by atoms with Crippen LogP contribution >= 0.6 is 11.8 Å². The van der Waals surface area contributed by atoms with E-state index < -0.39 is 6.10 Å². The molecule has 3 rings (SSSR count). The van der Waals surface area contributed by atoms with Crippen molar-refractivity contribution in [2.24, 2.45) is 0 Å². The van der Waals surface area contributed by atoms with E-state index in [2.05, 4.69) is 33.8 Å². The summed E-state index contributed by atoms with van der Waals surface area (Å²) < 4.78 is 6.04. The molecule has 2 heterocycles. The third-order valence-electron chi connectivity index (χ3n) is 5.50. The molecule has 1 atom stereocenters. The SMILES string of the molecule is CCN1CCCN(Cc2ccccc2OC[C@@H](O)CN2CCSCC2)CC1. The molecule has 0 aromatic heterocycles. The monoisotopic (exact) mass is 393 g/mol. The number of rotatable bonds is 8. The van der Waals surface area contributed by atoms with E-state index in [1.54, 1.807) is 0 Å². The molecule has 2 saturated heterocycles. The Labute approximate surface area is 168 Å². The molecule has 5 nitrogen and oxygen atoms in total. The number of hydrogen-bond donors (Lipinski definition) is 1. The predicted molar refractivity (Wildman–Crippen MR) is 114 cm³/mol. The molecule has 2 aliphatic rings. The van der Waals surface area contributed by atoms with E-state index in [1.165, 1.54) is 30.0 Å². The summed E-state index contributed by atoms with van der Waals surface area (Å²) in [5.41, 5.74) is 1.23. The summed E-state index contributed by atoms with van der Waals surface area (Å²) in [7, 11) is 0. The molecule has 1 aromatic carbocycles. The molecule has 27 heavy (non-hydrogen) atoms. The quantitative estimate of drug-likeness (QED) is 0.728. The van der Waals surface area contributed by atoms with Gasteiger partial charge >= 0.3 is 0 Å². The number of β-amino-alcohol motifs (C(OH)–C–C–N with tert-alkyl or cyclic N) is 1. The van der Waals surface area contributed by atoms with E-state index in [9.17, 15) is 5.11 Å². The van der Waals surface area contributed by atoms with Gasteiger partial charge in [0, 0.05) is 56.3 Å². The van der Waals surface area contributed by atoms with Gasteiger partial charge in [-0.1, -0.05) is 25.1 Å². The predicted octanol–water partition coefficient (Wildman–Crippen LogP) is 2.00. The van der Waals surface area contributed by atoms with E-state index in [4.69, 9.17) is 4.74 Å². The Balaban J connectivity index is 1.49. The first-order chi connectivity index (χ1) is 13.2. The summed E-state index contributed by atoms with van der Waals surface area (Å²) in [5, 5.41) is 10.4. The van der Waals surface area contributed by atoms with Crippen LogP contribution in [0.1, 0.15) is 18.9 Å². The van der Waals surface area contributed by atoms with Crippen molar-refractivity contribution < 1.29 is 9.84 Å². The molecule has 0 saturated carbocycles. The van der Waals surface area contributed by atoms with Gasteiger partial charge in [-0.25, -0.2) is 0 Å². The fourth-order valence-corrected chi connectivity index (χ4v) is 4.81. The maximum atomic E-state index is 10.4. The second-order valence-corrected chi connectivity index (χ2v) is 8.77. The molecule has 0 radical (unpaired) electrons. The maximum Gasteiger partial charge on any atom is 0.123 e. The highest BCUT2D eigenvalue weighted by atomic mass is 32.2. The van der Waals surface area contributed by atoms with Gasteiger partial charge in [0.25, 0.3) is 0 Å². The van der Waals surface area contributed by atoms with Gasteiger partial charge in [-0.15, -0.1) is 0 Å². The summed E-state index contributed by atoms with van der Waals surface area (Å²) in [5.74, 6) is 3.26. The second kappa shape index (κ2) is 11.3. The van der Waals surface area contributed by atoms with E-state index >= 15 is 0 Å². The largest absolute Gasteiger partial charge is 0.491 e. The Kier molecular flexibility index (Phi) is 8.74. The summed E-state index contributed by atoms with van der Waals surface area (Å²) in [4.78, 5) is 7.39. The molecule has 2 aliphatic heterocycles. The van der Waals surface area contributed by atoms with E-state index in [0.29, 0.717) is 13.2 Å². The van der Waals surface area contributed by atoms with Crippen molar-refractivity contribution in [3.63, 3.8) is 0 Å².